The van der Waals surface area contributed by atoms with E-state index in [1.165, 1.54) is 42.4 Å². The number of imidazole rings is 1. The van der Waals surface area contributed by atoms with Gasteiger partial charge in [0, 0.05) is 96.8 Å². The molecule has 3 aliphatic heterocycles. The lowest BCUT2D eigenvalue weighted by atomic mass is 9.78. The number of carbonyl (C=O) groups excluding carboxylic acids is 2. The number of aryl methyl sites for hydroxylation is 1. The minimum Gasteiger partial charge on any atom is -0.376 e. The number of aromatic amines is 1. The number of aromatic nitrogens is 5. The van der Waals surface area contributed by atoms with Crippen LogP contribution in [0.2, 0.25) is 0 Å². The first-order valence-corrected chi connectivity index (χ1v) is 18.7. The summed E-state index contributed by atoms with van der Waals surface area (Å²) in [7, 11) is 1.73. The van der Waals surface area contributed by atoms with Gasteiger partial charge in [-0.2, -0.15) is 4.98 Å². The molecule has 1 saturated carbocycles. The van der Waals surface area contributed by atoms with Crippen molar-refractivity contribution in [2.45, 2.75) is 69.6 Å². The Kier molecular flexibility index (Phi) is 9.66. The molecule has 3 saturated heterocycles. The van der Waals surface area contributed by atoms with Gasteiger partial charge in [0.05, 0.1) is 17.1 Å². The van der Waals surface area contributed by atoms with Crippen LogP contribution in [0.25, 0.3) is 22.1 Å². The number of amides is 2. The normalized spacial score (nSPS) is 24.4. The molecule has 1 unspecified atom stereocenters. The first-order valence-electron chi connectivity index (χ1n) is 18.7. The second kappa shape index (κ2) is 14.5. The number of likely N-dealkylation sites (tertiary alicyclic amines) is 1. The van der Waals surface area contributed by atoms with Crippen molar-refractivity contribution in [2.24, 2.45) is 13.0 Å². The fraction of sp³-hybridized carbons (Fsp3) is 0.595. The second-order valence-electron chi connectivity index (χ2n) is 15.1. The van der Waals surface area contributed by atoms with Crippen molar-refractivity contribution in [3.05, 3.63) is 52.2 Å². The van der Waals surface area contributed by atoms with Gasteiger partial charge in [0.2, 0.25) is 17.8 Å². The van der Waals surface area contributed by atoms with Crippen molar-refractivity contribution in [3.8, 4) is 0 Å². The van der Waals surface area contributed by atoms with Crippen molar-refractivity contribution in [3.63, 3.8) is 0 Å². The van der Waals surface area contributed by atoms with Crippen LogP contribution in [0.3, 0.4) is 0 Å². The number of rotatable bonds is 11. The Morgan fingerprint density at radius 2 is 1.75 bits per heavy atom. The zero-order valence-electron chi connectivity index (χ0n) is 29.6. The van der Waals surface area contributed by atoms with E-state index in [1.54, 1.807) is 11.6 Å². The largest absolute Gasteiger partial charge is 0.376 e. The highest BCUT2D eigenvalue weighted by molar-refractivity contribution is 6.00. The van der Waals surface area contributed by atoms with Crippen LogP contribution in [0.4, 0.5) is 5.95 Å². The number of nitrogen functional groups attached to an aromatic ring is 1. The van der Waals surface area contributed by atoms with Gasteiger partial charge in [0.25, 0.3) is 0 Å². The number of carbonyl (C=O) groups is 2. The van der Waals surface area contributed by atoms with Gasteiger partial charge in [-0.25, -0.2) is 9.78 Å². The number of ether oxygens (including phenoxy) is 1. The Morgan fingerprint density at radius 1 is 0.961 bits per heavy atom. The summed E-state index contributed by atoms with van der Waals surface area (Å²) in [6, 6.07) is 5.33. The highest BCUT2D eigenvalue weighted by atomic mass is 16.5. The highest BCUT2D eigenvalue weighted by Crippen LogP contribution is 2.38. The third-order valence-corrected chi connectivity index (χ3v) is 11.7. The van der Waals surface area contributed by atoms with Crippen molar-refractivity contribution >= 4 is 39.8 Å². The van der Waals surface area contributed by atoms with Crippen LogP contribution < -0.4 is 16.7 Å². The van der Waals surface area contributed by atoms with Gasteiger partial charge in [0.1, 0.15) is 11.7 Å². The van der Waals surface area contributed by atoms with Gasteiger partial charge in [-0.3, -0.25) is 28.9 Å². The molecule has 2 amide bonds. The molecule has 8 rings (SSSR count). The van der Waals surface area contributed by atoms with Crippen molar-refractivity contribution < 1.29 is 14.3 Å². The molecular weight excluding hydrogens is 648 g/mol. The van der Waals surface area contributed by atoms with Crippen LogP contribution in [-0.2, 0) is 27.9 Å². The summed E-state index contributed by atoms with van der Waals surface area (Å²) in [6.07, 6.45) is 10.9. The highest BCUT2D eigenvalue weighted by Gasteiger charge is 2.32. The molecule has 1 aromatic carbocycles. The molecule has 0 bridgehead atoms. The number of nitrogens with one attached hydrogen (secondary N) is 2. The van der Waals surface area contributed by atoms with Gasteiger partial charge >= 0.3 is 5.69 Å². The Bertz CT molecular complexity index is 1950. The monoisotopic (exact) mass is 698 g/mol. The van der Waals surface area contributed by atoms with Crippen LogP contribution in [0.1, 0.15) is 68.0 Å². The van der Waals surface area contributed by atoms with Crippen molar-refractivity contribution in [1.29, 1.82) is 0 Å². The first kappa shape index (κ1) is 34.0. The Hall–Kier alpha value is -4.11. The molecule has 1 aliphatic carbocycles. The van der Waals surface area contributed by atoms with Gasteiger partial charge in [0.15, 0.2) is 0 Å². The molecule has 4 N–H and O–H groups in total. The molecule has 14 heteroatoms. The maximum absolute atomic E-state index is 13.1. The number of anilines is 1. The summed E-state index contributed by atoms with van der Waals surface area (Å²) in [4.78, 5) is 56.6. The predicted octanol–water partition coefficient (Wildman–Crippen LogP) is 2.35. The van der Waals surface area contributed by atoms with E-state index >= 15 is 0 Å². The number of H-pyrrole nitrogens is 1. The maximum Gasteiger partial charge on any atom is 0.329 e. The van der Waals surface area contributed by atoms with Crippen LogP contribution in [-0.4, -0.2) is 116 Å². The molecule has 0 spiro atoms. The standard InChI is InChI=1S/C37H50N10O4/c1-43-32-17-25(5-8-30(32)47(37(43)50)31-9-10-33(48)41-35(31)49)21-46-22-27(23-46)51-16-2-11-44-12-14-45(15-13-44)20-24-3-6-26(7-4-24)28-18-39-34-29(28)19-40-36(38)42-34/h5,8,17-19,24,26-27,31H,2-4,6-7,9-16,20-23H2,1H3,(H,41,48,49)(H3,38,39,40,42)/t24-,26+,31?. The third-order valence-electron chi connectivity index (χ3n) is 11.7. The molecule has 4 fully saturated rings. The predicted molar refractivity (Wildman–Crippen MR) is 194 cm³/mol. The third kappa shape index (κ3) is 7.19. The fourth-order valence-electron chi connectivity index (χ4n) is 8.79. The number of fused-ring (bicyclic) bond motifs is 2. The number of nitrogens with zero attached hydrogens (tertiary/aromatic N) is 7. The summed E-state index contributed by atoms with van der Waals surface area (Å²) < 4.78 is 9.34. The SMILES string of the molecule is Cn1c(=O)n(C2CCC(=O)NC2=O)c2ccc(CN3CC(OCCCN4CCN(C[C@H]5CC[C@@H](c6c[nH]c7nc(N)ncc76)CC5)CC4)C3)cc21. The number of benzene rings is 1. The van der Waals surface area contributed by atoms with Crippen LogP contribution >= 0.6 is 0 Å². The lowest BCUT2D eigenvalue weighted by Gasteiger charge is -2.39. The molecule has 6 heterocycles. The van der Waals surface area contributed by atoms with E-state index in [-0.39, 0.29) is 24.1 Å². The number of hydrogen-bond acceptors (Lipinski definition) is 10. The summed E-state index contributed by atoms with van der Waals surface area (Å²) in [6.45, 7) is 10.3. The minimum atomic E-state index is -0.667. The van der Waals surface area contributed by atoms with Crippen LogP contribution in [0, 0.1) is 5.92 Å². The summed E-state index contributed by atoms with van der Waals surface area (Å²) in [5, 5.41) is 3.49. The minimum absolute atomic E-state index is 0.234. The van der Waals surface area contributed by atoms with E-state index in [0.29, 0.717) is 18.3 Å². The number of piperidine rings is 1. The summed E-state index contributed by atoms with van der Waals surface area (Å²) >= 11 is 0. The van der Waals surface area contributed by atoms with E-state index in [1.807, 2.05) is 24.4 Å². The van der Waals surface area contributed by atoms with Gasteiger partial charge in [-0.15, -0.1) is 0 Å². The second-order valence-corrected chi connectivity index (χ2v) is 15.1. The maximum atomic E-state index is 13.1. The van der Waals surface area contributed by atoms with Gasteiger partial charge < -0.3 is 25.3 Å². The molecule has 3 aromatic heterocycles. The Morgan fingerprint density at radius 3 is 2.53 bits per heavy atom. The van der Waals surface area contributed by atoms with E-state index < -0.39 is 11.9 Å². The fourth-order valence-corrected chi connectivity index (χ4v) is 8.79. The average molecular weight is 699 g/mol. The van der Waals surface area contributed by atoms with E-state index in [2.05, 4.69) is 41.2 Å². The van der Waals surface area contributed by atoms with Gasteiger partial charge in [-0.1, -0.05) is 6.07 Å². The molecule has 272 valence electrons. The smallest absolute Gasteiger partial charge is 0.329 e. The number of hydrogen-bond donors (Lipinski definition) is 3. The van der Waals surface area contributed by atoms with Crippen molar-refractivity contribution in [2.75, 3.05) is 64.7 Å². The van der Waals surface area contributed by atoms with E-state index in [9.17, 15) is 14.4 Å². The summed E-state index contributed by atoms with van der Waals surface area (Å²) in [5.41, 5.74) is 10.4. The number of imide groups is 1. The number of nitrogens with two attached hydrogens (primary N) is 1. The summed E-state index contributed by atoms with van der Waals surface area (Å²) in [5.74, 6) is 0.975. The topological polar surface area (TPSA) is 160 Å². The molecule has 51 heavy (non-hydrogen) atoms. The van der Waals surface area contributed by atoms with Crippen molar-refractivity contribution in [1.82, 2.24) is 44.1 Å². The van der Waals surface area contributed by atoms with E-state index in [4.69, 9.17) is 10.5 Å². The molecule has 4 aromatic rings. The van der Waals surface area contributed by atoms with Crippen LogP contribution in [0.15, 0.2) is 35.4 Å². The zero-order chi connectivity index (χ0) is 35.1. The molecule has 4 aliphatic rings. The average Bonchev–Trinajstić information content (AvgIpc) is 3.63. The molecule has 14 nitrogen and oxygen atoms in total. The molecular formula is C37H50N10O4. The van der Waals surface area contributed by atoms with E-state index in [0.717, 1.165) is 98.9 Å². The zero-order valence-corrected chi connectivity index (χ0v) is 29.6. The Labute approximate surface area is 297 Å². The first-order chi connectivity index (χ1) is 24.8. The van der Waals surface area contributed by atoms with Crippen LogP contribution in [0.5, 0.6) is 0 Å². The molecule has 1 atom stereocenters. The molecule has 0 radical (unpaired) electrons. The quantitative estimate of drug-likeness (QED) is 0.157. The Balaban J connectivity index is 0.711. The lowest BCUT2D eigenvalue weighted by molar-refractivity contribution is -0.135. The number of piperazine rings is 1. The van der Waals surface area contributed by atoms with Gasteiger partial charge in [-0.05, 0) is 73.6 Å². The lowest BCUT2D eigenvalue weighted by Crippen LogP contribution is -2.51.